The standard InChI is InChI=1S/C19H17N5/c20-19-22-16(11-14-7-3-1-4-8-14)17-18(23-19)24(13-21-17)12-15-9-5-2-6-10-15/h1-10,13H,11-12H2,(H2,20,22,23). The van der Waals surface area contributed by atoms with Crippen molar-refractivity contribution in [1.82, 2.24) is 19.5 Å². The second kappa shape index (κ2) is 6.12. The number of benzene rings is 2. The van der Waals surface area contributed by atoms with Gasteiger partial charge in [0.2, 0.25) is 5.95 Å². The number of hydrogen-bond acceptors (Lipinski definition) is 4. The molecule has 0 saturated carbocycles. The maximum absolute atomic E-state index is 5.94. The monoisotopic (exact) mass is 315 g/mol. The van der Waals surface area contributed by atoms with Crippen LogP contribution in [0.2, 0.25) is 0 Å². The highest BCUT2D eigenvalue weighted by atomic mass is 15.1. The van der Waals surface area contributed by atoms with Gasteiger partial charge in [-0.3, -0.25) is 0 Å². The molecule has 2 heterocycles. The third-order valence-electron chi connectivity index (χ3n) is 3.96. The number of fused-ring (bicyclic) bond motifs is 1. The van der Waals surface area contributed by atoms with Crippen LogP contribution in [0.15, 0.2) is 67.0 Å². The zero-order valence-corrected chi connectivity index (χ0v) is 13.1. The molecule has 0 amide bonds. The Labute approximate surface area is 139 Å². The molecule has 2 N–H and O–H groups in total. The first-order valence-electron chi connectivity index (χ1n) is 7.84. The van der Waals surface area contributed by atoms with Crippen molar-refractivity contribution in [3.8, 4) is 0 Å². The van der Waals surface area contributed by atoms with E-state index in [0.29, 0.717) is 13.0 Å². The molecule has 0 aliphatic carbocycles. The largest absolute Gasteiger partial charge is 0.368 e. The van der Waals surface area contributed by atoms with Crippen LogP contribution in [0.3, 0.4) is 0 Å². The van der Waals surface area contributed by atoms with E-state index in [-0.39, 0.29) is 5.95 Å². The molecule has 4 rings (SSSR count). The van der Waals surface area contributed by atoms with Gasteiger partial charge in [0, 0.05) is 6.42 Å². The lowest BCUT2D eigenvalue weighted by atomic mass is 10.1. The van der Waals surface area contributed by atoms with E-state index in [0.717, 1.165) is 16.9 Å². The highest BCUT2D eigenvalue weighted by molar-refractivity contribution is 5.75. The predicted octanol–water partition coefficient (Wildman–Crippen LogP) is 3.05. The number of nitrogens with two attached hydrogens (primary N) is 1. The lowest BCUT2D eigenvalue weighted by Gasteiger charge is -2.06. The molecule has 0 unspecified atom stereocenters. The summed E-state index contributed by atoms with van der Waals surface area (Å²) in [6, 6.07) is 20.4. The highest BCUT2D eigenvalue weighted by Crippen LogP contribution is 2.19. The van der Waals surface area contributed by atoms with E-state index in [1.807, 2.05) is 41.0 Å². The van der Waals surface area contributed by atoms with E-state index in [2.05, 4.69) is 39.2 Å². The molecule has 0 saturated heterocycles. The molecule has 0 aliphatic rings. The lowest BCUT2D eigenvalue weighted by molar-refractivity contribution is 0.813. The van der Waals surface area contributed by atoms with Gasteiger partial charge in [-0.2, -0.15) is 4.98 Å². The Morgan fingerprint density at radius 1 is 0.833 bits per heavy atom. The molecular weight excluding hydrogens is 298 g/mol. The molecule has 24 heavy (non-hydrogen) atoms. The fourth-order valence-corrected chi connectivity index (χ4v) is 2.83. The Morgan fingerprint density at radius 3 is 2.21 bits per heavy atom. The molecule has 0 fully saturated rings. The van der Waals surface area contributed by atoms with Gasteiger partial charge in [0.25, 0.3) is 0 Å². The Kier molecular flexibility index (Phi) is 3.67. The summed E-state index contributed by atoms with van der Waals surface area (Å²) in [6.45, 7) is 0.707. The maximum Gasteiger partial charge on any atom is 0.222 e. The van der Waals surface area contributed by atoms with Gasteiger partial charge in [-0.15, -0.1) is 0 Å². The zero-order chi connectivity index (χ0) is 16.4. The van der Waals surface area contributed by atoms with Crippen LogP contribution in [-0.2, 0) is 13.0 Å². The smallest absolute Gasteiger partial charge is 0.222 e. The number of nitrogens with zero attached hydrogens (tertiary/aromatic N) is 4. The van der Waals surface area contributed by atoms with Crippen LogP contribution in [0.25, 0.3) is 11.2 Å². The third kappa shape index (κ3) is 2.84. The molecule has 0 spiro atoms. The van der Waals surface area contributed by atoms with E-state index in [4.69, 9.17) is 5.73 Å². The first-order chi connectivity index (χ1) is 11.8. The van der Waals surface area contributed by atoms with Gasteiger partial charge in [-0.25, -0.2) is 9.97 Å². The minimum atomic E-state index is 0.281. The summed E-state index contributed by atoms with van der Waals surface area (Å²) < 4.78 is 2.01. The Morgan fingerprint density at radius 2 is 1.50 bits per heavy atom. The van der Waals surface area contributed by atoms with Crippen molar-refractivity contribution in [1.29, 1.82) is 0 Å². The van der Waals surface area contributed by atoms with E-state index in [1.54, 1.807) is 6.33 Å². The fourth-order valence-electron chi connectivity index (χ4n) is 2.83. The quantitative estimate of drug-likeness (QED) is 0.628. The number of rotatable bonds is 4. The molecular formula is C19H17N5. The van der Waals surface area contributed by atoms with Gasteiger partial charge in [0.1, 0.15) is 5.52 Å². The highest BCUT2D eigenvalue weighted by Gasteiger charge is 2.13. The normalized spacial score (nSPS) is 11.0. The van der Waals surface area contributed by atoms with Crippen LogP contribution in [0.5, 0.6) is 0 Å². The second-order valence-electron chi connectivity index (χ2n) is 5.72. The number of hydrogen-bond donors (Lipinski definition) is 1. The van der Waals surface area contributed by atoms with Crippen LogP contribution >= 0.6 is 0 Å². The Balaban J connectivity index is 1.74. The SMILES string of the molecule is Nc1nc(Cc2ccccc2)c2ncn(Cc3ccccc3)c2n1. The van der Waals surface area contributed by atoms with Crippen LogP contribution in [0, 0.1) is 0 Å². The summed E-state index contributed by atoms with van der Waals surface area (Å²) >= 11 is 0. The molecule has 5 nitrogen and oxygen atoms in total. The number of imidazole rings is 1. The number of aromatic nitrogens is 4. The van der Waals surface area contributed by atoms with Gasteiger partial charge < -0.3 is 10.3 Å². The summed E-state index contributed by atoms with van der Waals surface area (Å²) in [5.41, 5.74) is 10.7. The van der Waals surface area contributed by atoms with Crippen molar-refractivity contribution in [2.75, 3.05) is 5.73 Å². The van der Waals surface area contributed by atoms with E-state index >= 15 is 0 Å². The van der Waals surface area contributed by atoms with E-state index in [9.17, 15) is 0 Å². The maximum atomic E-state index is 5.94. The Bertz CT molecular complexity index is 961. The van der Waals surface area contributed by atoms with Crippen LogP contribution in [0.1, 0.15) is 16.8 Å². The first-order valence-corrected chi connectivity index (χ1v) is 7.84. The topological polar surface area (TPSA) is 69.6 Å². The van der Waals surface area contributed by atoms with Gasteiger partial charge >= 0.3 is 0 Å². The molecule has 0 atom stereocenters. The molecule has 0 bridgehead atoms. The van der Waals surface area contributed by atoms with Crippen molar-refractivity contribution in [2.24, 2.45) is 0 Å². The van der Waals surface area contributed by atoms with Crippen molar-refractivity contribution < 1.29 is 0 Å². The van der Waals surface area contributed by atoms with Crippen molar-refractivity contribution >= 4 is 17.1 Å². The van der Waals surface area contributed by atoms with Crippen LogP contribution < -0.4 is 5.73 Å². The summed E-state index contributed by atoms with van der Waals surface area (Å²) in [4.78, 5) is 13.3. The summed E-state index contributed by atoms with van der Waals surface area (Å²) in [5, 5.41) is 0. The molecule has 4 aromatic rings. The average molecular weight is 315 g/mol. The van der Waals surface area contributed by atoms with Gasteiger partial charge in [0.05, 0.1) is 18.6 Å². The van der Waals surface area contributed by atoms with Crippen LogP contribution in [-0.4, -0.2) is 19.5 Å². The number of anilines is 1. The second-order valence-corrected chi connectivity index (χ2v) is 5.72. The molecule has 0 aliphatic heterocycles. The molecule has 5 heteroatoms. The Hall–Kier alpha value is -3.21. The summed E-state index contributed by atoms with van der Waals surface area (Å²) in [6.07, 6.45) is 2.49. The molecule has 118 valence electrons. The van der Waals surface area contributed by atoms with Crippen LogP contribution in [0.4, 0.5) is 5.95 Å². The van der Waals surface area contributed by atoms with Crippen molar-refractivity contribution in [2.45, 2.75) is 13.0 Å². The van der Waals surface area contributed by atoms with Crippen molar-refractivity contribution in [3.63, 3.8) is 0 Å². The zero-order valence-electron chi connectivity index (χ0n) is 13.1. The van der Waals surface area contributed by atoms with Gasteiger partial charge in [-0.1, -0.05) is 60.7 Å². The summed E-state index contributed by atoms with van der Waals surface area (Å²) in [5.74, 6) is 0.281. The average Bonchev–Trinajstić information content (AvgIpc) is 3.00. The molecule has 2 aromatic heterocycles. The number of nitrogen functional groups attached to an aromatic ring is 1. The van der Waals surface area contributed by atoms with Gasteiger partial charge in [0.15, 0.2) is 5.65 Å². The third-order valence-corrected chi connectivity index (χ3v) is 3.96. The minimum Gasteiger partial charge on any atom is -0.368 e. The summed E-state index contributed by atoms with van der Waals surface area (Å²) in [7, 11) is 0. The van der Waals surface area contributed by atoms with E-state index < -0.39 is 0 Å². The fraction of sp³-hybridized carbons (Fsp3) is 0.105. The lowest BCUT2D eigenvalue weighted by Crippen LogP contribution is -2.05. The predicted molar refractivity (Wildman–Crippen MR) is 94.5 cm³/mol. The molecule has 2 aromatic carbocycles. The van der Waals surface area contributed by atoms with E-state index in [1.165, 1.54) is 11.1 Å². The minimum absolute atomic E-state index is 0.281. The van der Waals surface area contributed by atoms with Gasteiger partial charge in [-0.05, 0) is 11.1 Å². The first kappa shape index (κ1) is 14.4. The molecule has 0 radical (unpaired) electrons. The van der Waals surface area contributed by atoms with Crippen molar-refractivity contribution in [3.05, 3.63) is 83.8 Å².